The standard InChI is InChI=1S/C14H17FN2O2/c1-3-19-14(18)5-4-8-17-10(2)16-12-9-11(15)6-7-13(12)17/h6-7,9H,3-5,8H2,1-2H3. The molecule has 1 heterocycles. The van der Waals surface area contributed by atoms with Crippen molar-refractivity contribution in [1.29, 1.82) is 0 Å². The van der Waals surface area contributed by atoms with E-state index in [1.807, 2.05) is 11.5 Å². The van der Waals surface area contributed by atoms with Gasteiger partial charge in [0, 0.05) is 19.0 Å². The van der Waals surface area contributed by atoms with E-state index in [9.17, 15) is 9.18 Å². The van der Waals surface area contributed by atoms with Gasteiger partial charge in [0.2, 0.25) is 0 Å². The summed E-state index contributed by atoms with van der Waals surface area (Å²) in [5, 5.41) is 0. The van der Waals surface area contributed by atoms with Crippen LogP contribution in [0.1, 0.15) is 25.6 Å². The number of imidazole rings is 1. The summed E-state index contributed by atoms with van der Waals surface area (Å²) in [5.41, 5.74) is 1.54. The molecule has 102 valence electrons. The van der Waals surface area contributed by atoms with Crippen molar-refractivity contribution in [3.63, 3.8) is 0 Å². The highest BCUT2D eigenvalue weighted by Crippen LogP contribution is 2.17. The number of halogens is 1. The van der Waals surface area contributed by atoms with Gasteiger partial charge in [-0.05, 0) is 32.4 Å². The molecule has 0 saturated heterocycles. The molecule has 0 fully saturated rings. The summed E-state index contributed by atoms with van der Waals surface area (Å²) >= 11 is 0. The zero-order chi connectivity index (χ0) is 13.8. The van der Waals surface area contributed by atoms with Gasteiger partial charge in [-0.1, -0.05) is 0 Å². The SMILES string of the molecule is CCOC(=O)CCCn1c(C)nc2cc(F)ccc21. The molecule has 0 N–H and O–H groups in total. The van der Waals surface area contributed by atoms with Gasteiger partial charge in [-0.3, -0.25) is 4.79 Å². The molecule has 0 atom stereocenters. The number of aryl methyl sites for hydroxylation is 2. The van der Waals surface area contributed by atoms with Gasteiger partial charge >= 0.3 is 5.97 Å². The van der Waals surface area contributed by atoms with E-state index in [0.29, 0.717) is 31.5 Å². The molecule has 0 bridgehead atoms. The van der Waals surface area contributed by atoms with Crippen molar-refractivity contribution < 1.29 is 13.9 Å². The number of rotatable bonds is 5. The van der Waals surface area contributed by atoms with Crippen LogP contribution < -0.4 is 0 Å². The van der Waals surface area contributed by atoms with Crippen molar-refractivity contribution in [2.45, 2.75) is 33.2 Å². The molecule has 2 aromatic rings. The van der Waals surface area contributed by atoms with Crippen molar-refractivity contribution in [2.75, 3.05) is 6.61 Å². The van der Waals surface area contributed by atoms with Crippen LogP contribution in [0.4, 0.5) is 4.39 Å². The molecule has 1 aromatic carbocycles. The van der Waals surface area contributed by atoms with Crippen LogP contribution in [0.2, 0.25) is 0 Å². The topological polar surface area (TPSA) is 44.1 Å². The van der Waals surface area contributed by atoms with Crippen molar-refractivity contribution in [3.8, 4) is 0 Å². The maximum Gasteiger partial charge on any atom is 0.305 e. The van der Waals surface area contributed by atoms with Crippen molar-refractivity contribution in [3.05, 3.63) is 29.8 Å². The number of fused-ring (bicyclic) bond motifs is 1. The van der Waals surface area contributed by atoms with E-state index in [2.05, 4.69) is 4.98 Å². The highest BCUT2D eigenvalue weighted by molar-refractivity contribution is 5.76. The van der Waals surface area contributed by atoms with E-state index in [1.165, 1.54) is 12.1 Å². The smallest absolute Gasteiger partial charge is 0.305 e. The highest BCUT2D eigenvalue weighted by Gasteiger charge is 2.09. The summed E-state index contributed by atoms with van der Waals surface area (Å²) in [7, 11) is 0. The highest BCUT2D eigenvalue weighted by atomic mass is 19.1. The summed E-state index contributed by atoms with van der Waals surface area (Å²) < 4.78 is 20.0. The second kappa shape index (κ2) is 5.82. The van der Waals surface area contributed by atoms with Crippen LogP contribution in [0.3, 0.4) is 0 Å². The molecule has 0 unspecified atom stereocenters. The van der Waals surface area contributed by atoms with Crippen LogP contribution in [0.25, 0.3) is 11.0 Å². The maximum absolute atomic E-state index is 13.1. The number of carbonyl (C=O) groups excluding carboxylic acids is 1. The van der Waals surface area contributed by atoms with Crippen LogP contribution in [-0.4, -0.2) is 22.1 Å². The first-order valence-electron chi connectivity index (χ1n) is 6.40. The second-order valence-electron chi connectivity index (χ2n) is 4.35. The van der Waals surface area contributed by atoms with Crippen molar-refractivity contribution >= 4 is 17.0 Å². The third kappa shape index (κ3) is 3.10. The van der Waals surface area contributed by atoms with Gasteiger partial charge in [-0.15, -0.1) is 0 Å². The van der Waals surface area contributed by atoms with Gasteiger partial charge in [0.1, 0.15) is 11.6 Å². The number of nitrogens with zero attached hydrogens (tertiary/aromatic N) is 2. The number of benzene rings is 1. The van der Waals surface area contributed by atoms with Gasteiger partial charge < -0.3 is 9.30 Å². The normalized spacial score (nSPS) is 10.9. The molecular weight excluding hydrogens is 247 g/mol. The fraction of sp³-hybridized carbons (Fsp3) is 0.429. The van der Waals surface area contributed by atoms with E-state index < -0.39 is 0 Å². The van der Waals surface area contributed by atoms with Gasteiger partial charge in [-0.2, -0.15) is 0 Å². The van der Waals surface area contributed by atoms with E-state index in [1.54, 1.807) is 13.0 Å². The number of hydrogen-bond acceptors (Lipinski definition) is 3. The van der Waals surface area contributed by atoms with Gasteiger partial charge in [0.15, 0.2) is 0 Å². The van der Waals surface area contributed by atoms with Gasteiger partial charge in [-0.25, -0.2) is 9.37 Å². The minimum atomic E-state index is -0.288. The summed E-state index contributed by atoms with van der Waals surface area (Å²) in [5.74, 6) is 0.351. The average Bonchev–Trinajstić information content (AvgIpc) is 2.65. The lowest BCUT2D eigenvalue weighted by molar-refractivity contribution is -0.143. The Bertz CT molecular complexity index is 592. The molecule has 0 saturated carbocycles. The third-order valence-corrected chi connectivity index (χ3v) is 2.97. The molecule has 0 radical (unpaired) electrons. The maximum atomic E-state index is 13.1. The van der Waals surface area contributed by atoms with Crippen LogP contribution >= 0.6 is 0 Å². The summed E-state index contributed by atoms with van der Waals surface area (Å²) in [6, 6.07) is 4.56. The predicted molar refractivity (Wildman–Crippen MR) is 70.3 cm³/mol. The first kappa shape index (κ1) is 13.5. The lowest BCUT2D eigenvalue weighted by atomic mass is 10.3. The fourth-order valence-corrected chi connectivity index (χ4v) is 2.12. The Labute approximate surface area is 111 Å². The summed E-state index contributed by atoms with van der Waals surface area (Å²) in [4.78, 5) is 15.6. The number of ether oxygens (including phenoxy) is 1. The van der Waals surface area contributed by atoms with Crippen LogP contribution in [-0.2, 0) is 16.1 Å². The van der Waals surface area contributed by atoms with Crippen LogP contribution in [0, 0.1) is 12.7 Å². The Balaban J connectivity index is 2.08. The monoisotopic (exact) mass is 264 g/mol. The molecule has 5 heteroatoms. The number of hydrogen-bond donors (Lipinski definition) is 0. The van der Waals surface area contributed by atoms with E-state index in [0.717, 1.165) is 11.3 Å². The van der Waals surface area contributed by atoms with E-state index in [-0.39, 0.29) is 11.8 Å². The molecule has 0 aliphatic heterocycles. The Kier molecular flexibility index (Phi) is 4.14. The average molecular weight is 264 g/mol. The Hall–Kier alpha value is -1.91. The number of aromatic nitrogens is 2. The Morgan fingerprint density at radius 3 is 3.00 bits per heavy atom. The first-order valence-corrected chi connectivity index (χ1v) is 6.40. The largest absolute Gasteiger partial charge is 0.466 e. The van der Waals surface area contributed by atoms with Crippen molar-refractivity contribution in [1.82, 2.24) is 9.55 Å². The molecule has 1 aromatic heterocycles. The quantitative estimate of drug-likeness (QED) is 0.780. The fourth-order valence-electron chi connectivity index (χ4n) is 2.12. The first-order chi connectivity index (χ1) is 9.11. The number of esters is 1. The van der Waals surface area contributed by atoms with Crippen LogP contribution in [0.5, 0.6) is 0 Å². The van der Waals surface area contributed by atoms with Gasteiger partial charge in [0.05, 0.1) is 17.6 Å². The minimum absolute atomic E-state index is 0.185. The second-order valence-corrected chi connectivity index (χ2v) is 4.35. The molecule has 4 nitrogen and oxygen atoms in total. The van der Waals surface area contributed by atoms with Crippen molar-refractivity contribution in [2.24, 2.45) is 0 Å². The van der Waals surface area contributed by atoms with E-state index in [4.69, 9.17) is 4.74 Å². The van der Waals surface area contributed by atoms with Gasteiger partial charge in [0.25, 0.3) is 0 Å². The molecule has 2 rings (SSSR count). The molecule has 0 amide bonds. The predicted octanol–water partition coefficient (Wildman–Crippen LogP) is 2.83. The number of carbonyl (C=O) groups is 1. The molecular formula is C14H17FN2O2. The Morgan fingerprint density at radius 2 is 2.26 bits per heavy atom. The van der Waals surface area contributed by atoms with Crippen LogP contribution in [0.15, 0.2) is 18.2 Å². The molecule has 0 aliphatic carbocycles. The Morgan fingerprint density at radius 1 is 1.47 bits per heavy atom. The zero-order valence-corrected chi connectivity index (χ0v) is 11.1. The summed E-state index contributed by atoms with van der Waals surface area (Å²) in [6.45, 7) is 4.75. The molecule has 19 heavy (non-hydrogen) atoms. The van der Waals surface area contributed by atoms with E-state index >= 15 is 0 Å². The lowest BCUT2D eigenvalue weighted by Gasteiger charge is -2.06. The molecule has 0 aliphatic rings. The lowest BCUT2D eigenvalue weighted by Crippen LogP contribution is -2.07. The zero-order valence-electron chi connectivity index (χ0n) is 11.1. The minimum Gasteiger partial charge on any atom is -0.466 e. The summed E-state index contributed by atoms with van der Waals surface area (Å²) in [6.07, 6.45) is 1.07. The third-order valence-electron chi connectivity index (χ3n) is 2.97. The molecule has 0 spiro atoms.